The van der Waals surface area contributed by atoms with Crippen molar-refractivity contribution in [1.82, 2.24) is 0 Å². The molecular formula is C10H7F2NO3S. The van der Waals surface area contributed by atoms with Gasteiger partial charge in [0.25, 0.3) is 0 Å². The largest absolute Gasteiger partial charge is 0.586 e. The first-order valence-corrected chi connectivity index (χ1v) is 5.99. The van der Waals surface area contributed by atoms with Gasteiger partial charge in [-0.2, -0.15) is 0 Å². The van der Waals surface area contributed by atoms with E-state index in [1.807, 2.05) is 0 Å². The highest BCUT2D eigenvalue weighted by molar-refractivity contribution is 8.00. The quantitative estimate of drug-likeness (QED) is 0.773. The molecule has 0 N–H and O–H groups in total. The summed E-state index contributed by atoms with van der Waals surface area (Å²) in [6.07, 6.45) is -3.62. The number of halogens is 2. The van der Waals surface area contributed by atoms with Crippen molar-refractivity contribution in [3.05, 3.63) is 18.2 Å². The van der Waals surface area contributed by atoms with Crippen molar-refractivity contribution in [2.24, 2.45) is 0 Å². The van der Waals surface area contributed by atoms with Crippen molar-refractivity contribution >= 4 is 23.4 Å². The molecule has 0 aliphatic carbocycles. The minimum Gasteiger partial charge on any atom is -0.395 e. The van der Waals surface area contributed by atoms with Gasteiger partial charge in [-0.3, -0.25) is 4.79 Å². The predicted molar refractivity (Wildman–Crippen MR) is 57.5 cm³/mol. The summed E-state index contributed by atoms with van der Waals surface area (Å²) in [6, 6.07) is 4.33. The summed E-state index contributed by atoms with van der Waals surface area (Å²) in [4.78, 5) is 13.0. The molecule has 1 amide bonds. The molecule has 2 heterocycles. The zero-order chi connectivity index (χ0) is 12.0. The van der Waals surface area contributed by atoms with E-state index in [4.69, 9.17) is 0 Å². The normalized spacial score (nSPS) is 21.1. The molecule has 4 nitrogen and oxygen atoms in total. The lowest BCUT2D eigenvalue weighted by Gasteiger charge is -2.14. The molecule has 0 bridgehead atoms. The summed E-state index contributed by atoms with van der Waals surface area (Å²) in [5.41, 5.74) is 0.542. The number of fused-ring (bicyclic) bond motifs is 1. The highest BCUT2D eigenvalue weighted by Crippen LogP contribution is 2.43. The predicted octanol–water partition coefficient (Wildman–Crippen LogP) is 2.05. The molecule has 7 heteroatoms. The van der Waals surface area contributed by atoms with E-state index in [1.165, 1.54) is 28.8 Å². The van der Waals surface area contributed by atoms with Crippen LogP contribution in [0.25, 0.3) is 0 Å². The maximum Gasteiger partial charge on any atom is 0.586 e. The van der Waals surface area contributed by atoms with E-state index in [-0.39, 0.29) is 17.4 Å². The van der Waals surface area contributed by atoms with Crippen LogP contribution in [-0.4, -0.2) is 23.8 Å². The fourth-order valence-corrected chi connectivity index (χ4v) is 2.60. The van der Waals surface area contributed by atoms with Crippen molar-refractivity contribution in [3.63, 3.8) is 0 Å². The fourth-order valence-electron chi connectivity index (χ4n) is 1.70. The number of hydrogen-bond donors (Lipinski definition) is 0. The van der Waals surface area contributed by atoms with Gasteiger partial charge in [-0.1, -0.05) is 0 Å². The van der Waals surface area contributed by atoms with Gasteiger partial charge in [0.15, 0.2) is 11.5 Å². The summed E-state index contributed by atoms with van der Waals surface area (Å²) in [5.74, 6) is 0.829. The van der Waals surface area contributed by atoms with Gasteiger partial charge in [0, 0.05) is 11.8 Å². The molecular weight excluding hydrogens is 252 g/mol. The molecule has 2 aliphatic rings. The van der Waals surface area contributed by atoms with E-state index < -0.39 is 6.29 Å². The SMILES string of the molecule is O=C1CSCN1c1ccc2c(c1)OC(F)(F)O2. The van der Waals surface area contributed by atoms with Crippen LogP contribution in [0.1, 0.15) is 0 Å². The number of carbonyl (C=O) groups excluding carboxylic acids is 1. The maximum absolute atomic E-state index is 12.8. The zero-order valence-corrected chi connectivity index (χ0v) is 9.30. The van der Waals surface area contributed by atoms with Crippen LogP contribution in [0.15, 0.2) is 18.2 Å². The van der Waals surface area contributed by atoms with Crippen molar-refractivity contribution in [2.45, 2.75) is 6.29 Å². The van der Waals surface area contributed by atoms with Crippen LogP contribution in [-0.2, 0) is 4.79 Å². The Morgan fingerprint density at radius 2 is 2.06 bits per heavy atom. The molecule has 1 aromatic carbocycles. The summed E-state index contributed by atoms with van der Waals surface area (Å²) in [6.45, 7) is 0. The number of thioether (sulfide) groups is 1. The zero-order valence-electron chi connectivity index (χ0n) is 8.48. The lowest BCUT2D eigenvalue weighted by atomic mass is 10.2. The molecule has 2 aliphatic heterocycles. The summed E-state index contributed by atoms with van der Waals surface area (Å²) >= 11 is 1.47. The minimum absolute atomic E-state index is 0.0157. The highest BCUT2D eigenvalue weighted by atomic mass is 32.2. The first kappa shape index (κ1) is 10.6. The van der Waals surface area contributed by atoms with Crippen LogP contribution in [0, 0.1) is 0 Å². The van der Waals surface area contributed by atoms with Crippen molar-refractivity contribution in [1.29, 1.82) is 0 Å². The monoisotopic (exact) mass is 259 g/mol. The molecule has 0 aromatic heterocycles. The second-order valence-electron chi connectivity index (χ2n) is 3.60. The van der Waals surface area contributed by atoms with Gasteiger partial charge in [0.2, 0.25) is 5.91 Å². The Hall–Kier alpha value is -1.50. The first-order chi connectivity index (χ1) is 8.05. The Morgan fingerprint density at radius 3 is 2.76 bits per heavy atom. The second-order valence-corrected chi connectivity index (χ2v) is 4.55. The molecule has 0 radical (unpaired) electrons. The minimum atomic E-state index is -3.62. The number of alkyl halides is 2. The number of benzene rings is 1. The van der Waals surface area contributed by atoms with E-state index in [1.54, 1.807) is 6.07 Å². The number of ether oxygens (including phenoxy) is 2. The number of carbonyl (C=O) groups is 1. The summed E-state index contributed by atoms with van der Waals surface area (Å²) in [5, 5.41) is 0. The number of anilines is 1. The summed E-state index contributed by atoms with van der Waals surface area (Å²) < 4.78 is 34.2. The molecule has 90 valence electrons. The van der Waals surface area contributed by atoms with Crippen LogP contribution in [0.3, 0.4) is 0 Å². The average Bonchev–Trinajstić information content (AvgIpc) is 2.78. The molecule has 1 aromatic rings. The van der Waals surface area contributed by atoms with Crippen LogP contribution < -0.4 is 14.4 Å². The van der Waals surface area contributed by atoms with Gasteiger partial charge in [-0.25, -0.2) is 0 Å². The van der Waals surface area contributed by atoms with Crippen molar-refractivity contribution in [2.75, 3.05) is 16.5 Å². The molecule has 17 heavy (non-hydrogen) atoms. The second kappa shape index (κ2) is 3.49. The van der Waals surface area contributed by atoms with Crippen LogP contribution in [0.4, 0.5) is 14.5 Å². The molecule has 0 atom stereocenters. The van der Waals surface area contributed by atoms with Crippen LogP contribution >= 0.6 is 11.8 Å². The fraction of sp³-hybridized carbons (Fsp3) is 0.300. The number of rotatable bonds is 1. The van der Waals surface area contributed by atoms with E-state index in [0.29, 0.717) is 17.3 Å². The van der Waals surface area contributed by atoms with Gasteiger partial charge in [0.1, 0.15) is 0 Å². The third-order valence-electron chi connectivity index (χ3n) is 2.44. The number of hydrogen-bond acceptors (Lipinski definition) is 4. The number of nitrogens with zero attached hydrogens (tertiary/aromatic N) is 1. The van der Waals surface area contributed by atoms with Gasteiger partial charge < -0.3 is 14.4 Å². The van der Waals surface area contributed by atoms with E-state index in [2.05, 4.69) is 9.47 Å². The standard InChI is InChI=1S/C10H7F2NO3S/c11-10(12)15-7-2-1-6(3-8(7)16-10)13-5-17-4-9(13)14/h1-3H,4-5H2. The Bertz CT molecular complexity index is 494. The van der Waals surface area contributed by atoms with Crippen molar-refractivity contribution in [3.8, 4) is 11.5 Å². The first-order valence-electron chi connectivity index (χ1n) is 4.83. The average molecular weight is 259 g/mol. The lowest BCUT2D eigenvalue weighted by molar-refractivity contribution is -0.286. The highest BCUT2D eigenvalue weighted by Gasteiger charge is 2.43. The van der Waals surface area contributed by atoms with Gasteiger partial charge in [-0.15, -0.1) is 20.5 Å². The smallest absolute Gasteiger partial charge is 0.395 e. The third-order valence-corrected chi connectivity index (χ3v) is 3.34. The van der Waals surface area contributed by atoms with E-state index in [9.17, 15) is 13.6 Å². The summed E-state index contributed by atoms with van der Waals surface area (Å²) in [7, 11) is 0. The molecule has 1 saturated heterocycles. The third kappa shape index (κ3) is 1.80. The Balaban J connectivity index is 1.93. The van der Waals surface area contributed by atoms with E-state index in [0.717, 1.165) is 0 Å². The van der Waals surface area contributed by atoms with Gasteiger partial charge >= 0.3 is 6.29 Å². The molecule has 0 saturated carbocycles. The number of amides is 1. The topological polar surface area (TPSA) is 38.8 Å². The van der Waals surface area contributed by atoms with Crippen LogP contribution in [0.2, 0.25) is 0 Å². The van der Waals surface area contributed by atoms with E-state index >= 15 is 0 Å². The Labute approximate surface area is 99.5 Å². The maximum atomic E-state index is 12.8. The van der Waals surface area contributed by atoms with Gasteiger partial charge in [-0.05, 0) is 12.1 Å². The Morgan fingerprint density at radius 1 is 1.29 bits per heavy atom. The van der Waals surface area contributed by atoms with Gasteiger partial charge in [0.05, 0.1) is 11.6 Å². The molecule has 0 spiro atoms. The lowest BCUT2D eigenvalue weighted by Crippen LogP contribution is -2.26. The molecule has 3 rings (SSSR count). The Kier molecular flexibility index (Phi) is 2.19. The molecule has 1 fully saturated rings. The molecule has 0 unspecified atom stereocenters. The van der Waals surface area contributed by atoms with Crippen LogP contribution in [0.5, 0.6) is 11.5 Å². The van der Waals surface area contributed by atoms with Crippen molar-refractivity contribution < 1.29 is 23.0 Å².